The standard InChI is InChI=1S/C17H16N2OS/c1-11-5-6-14-15(10-21-16(14)7-11)17(20)19-13-4-2-3-12(8-13)9-18/h2-4,8,10-11H,5-7H2,1H3,(H,19,20). The Bertz CT molecular complexity index is 727. The molecule has 4 heteroatoms. The molecule has 1 atom stereocenters. The van der Waals surface area contributed by atoms with Crippen LogP contribution in [0, 0.1) is 17.2 Å². The van der Waals surface area contributed by atoms with Gasteiger partial charge in [0.1, 0.15) is 0 Å². The summed E-state index contributed by atoms with van der Waals surface area (Å²) >= 11 is 1.69. The second kappa shape index (κ2) is 5.71. The Morgan fingerprint density at radius 3 is 3.14 bits per heavy atom. The molecule has 0 aliphatic heterocycles. The van der Waals surface area contributed by atoms with Crippen molar-refractivity contribution in [1.82, 2.24) is 0 Å². The number of carbonyl (C=O) groups is 1. The number of amides is 1. The molecule has 1 aliphatic rings. The number of carbonyl (C=O) groups excluding carboxylic acids is 1. The lowest BCUT2D eigenvalue weighted by Crippen LogP contribution is -2.16. The van der Waals surface area contributed by atoms with Crippen molar-refractivity contribution in [1.29, 1.82) is 5.26 Å². The van der Waals surface area contributed by atoms with Gasteiger partial charge in [0.15, 0.2) is 0 Å². The van der Waals surface area contributed by atoms with Crippen LogP contribution in [0.2, 0.25) is 0 Å². The summed E-state index contributed by atoms with van der Waals surface area (Å²) in [7, 11) is 0. The van der Waals surface area contributed by atoms with Crippen molar-refractivity contribution in [3.05, 3.63) is 51.2 Å². The van der Waals surface area contributed by atoms with Crippen LogP contribution in [0.25, 0.3) is 0 Å². The van der Waals surface area contributed by atoms with E-state index in [1.165, 1.54) is 10.4 Å². The summed E-state index contributed by atoms with van der Waals surface area (Å²) in [5.41, 5.74) is 3.23. The minimum Gasteiger partial charge on any atom is -0.322 e. The number of rotatable bonds is 2. The zero-order valence-electron chi connectivity index (χ0n) is 11.8. The molecular weight excluding hydrogens is 280 g/mol. The molecule has 3 nitrogen and oxygen atoms in total. The summed E-state index contributed by atoms with van der Waals surface area (Å²) in [4.78, 5) is 13.8. The molecule has 1 aromatic carbocycles. The number of benzene rings is 1. The molecule has 2 aromatic rings. The number of nitriles is 1. The van der Waals surface area contributed by atoms with Gasteiger partial charge in [0.2, 0.25) is 0 Å². The van der Waals surface area contributed by atoms with Gasteiger partial charge in [0.25, 0.3) is 5.91 Å². The number of anilines is 1. The lowest BCUT2D eigenvalue weighted by molar-refractivity contribution is 0.102. The van der Waals surface area contributed by atoms with Gasteiger partial charge in [-0.05, 0) is 48.9 Å². The predicted octanol–water partition coefficient (Wildman–Crippen LogP) is 4.00. The highest BCUT2D eigenvalue weighted by Gasteiger charge is 2.23. The van der Waals surface area contributed by atoms with Crippen LogP contribution in [0.1, 0.15) is 39.7 Å². The normalized spacial score (nSPS) is 16.9. The molecule has 0 radical (unpaired) electrons. The fraction of sp³-hybridized carbons (Fsp3) is 0.294. The molecule has 0 bridgehead atoms. The van der Waals surface area contributed by atoms with E-state index >= 15 is 0 Å². The maximum atomic E-state index is 12.4. The van der Waals surface area contributed by atoms with Crippen molar-refractivity contribution in [3.63, 3.8) is 0 Å². The van der Waals surface area contributed by atoms with E-state index in [0.717, 1.165) is 24.8 Å². The number of hydrogen-bond donors (Lipinski definition) is 1. The van der Waals surface area contributed by atoms with Crippen LogP contribution in [0.3, 0.4) is 0 Å². The van der Waals surface area contributed by atoms with Gasteiger partial charge in [0, 0.05) is 15.9 Å². The molecule has 0 fully saturated rings. The monoisotopic (exact) mass is 296 g/mol. The summed E-state index contributed by atoms with van der Waals surface area (Å²) in [5, 5.41) is 13.8. The van der Waals surface area contributed by atoms with Crippen LogP contribution in [0.4, 0.5) is 5.69 Å². The van der Waals surface area contributed by atoms with Crippen LogP contribution >= 0.6 is 11.3 Å². The highest BCUT2D eigenvalue weighted by molar-refractivity contribution is 7.10. The maximum absolute atomic E-state index is 12.4. The van der Waals surface area contributed by atoms with E-state index in [1.807, 2.05) is 5.38 Å². The van der Waals surface area contributed by atoms with Gasteiger partial charge >= 0.3 is 0 Å². The second-order valence-electron chi connectivity index (χ2n) is 5.55. The minimum atomic E-state index is -0.0721. The van der Waals surface area contributed by atoms with Gasteiger partial charge in [-0.15, -0.1) is 11.3 Å². The molecule has 0 saturated carbocycles. The van der Waals surface area contributed by atoms with Crippen molar-refractivity contribution in [2.45, 2.75) is 26.2 Å². The average Bonchev–Trinajstić information content (AvgIpc) is 2.90. The molecule has 1 heterocycles. The topological polar surface area (TPSA) is 52.9 Å². The Morgan fingerprint density at radius 2 is 2.33 bits per heavy atom. The second-order valence-corrected chi connectivity index (χ2v) is 6.51. The van der Waals surface area contributed by atoms with Crippen molar-refractivity contribution in [2.24, 2.45) is 5.92 Å². The van der Waals surface area contributed by atoms with Crippen LogP contribution in [0.5, 0.6) is 0 Å². The molecular formula is C17H16N2OS. The molecule has 21 heavy (non-hydrogen) atoms. The third-order valence-corrected chi connectivity index (χ3v) is 4.95. The largest absolute Gasteiger partial charge is 0.322 e. The van der Waals surface area contributed by atoms with E-state index in [0.29, 0.717) is 17.2 Å². The van der Waals surface area contributed by atoms with E-state index in [4.69, 9.17) is 5.26 Å². The molecule has 1 aliphatic carbocycles. The first-order chi connectivity index (χ1) is 10.2. The molecule has 1 amide bonds. The number of nitrogens with zero attached hydrogens (tertiary/aromatic N) is 1. The van der Waals surface area contributed by atoms with Crippen LogP contribution in [0.15, 0.2) is 29.6 Å². The summed E-state index contributed by atoms with van der Waals surface area (Å²) in [6, 6.07) is 9.08. The van der Waals surface area contributed by atoms with E-state index in [2.05, 4.69) is 18.3 Å². The first kappa shape index (κ1) is 13.8. The molecule has 106 valence electrons. The number of thiophene rings is 1. The molecule has 3 rings (SSSR count). The average molecular weight is 296 g/mol. The van der Waals surface area contributed by atoms with E-state index in [-0.39, 0.29) is 5.91 Å². The van der Waals surface area contributed by atoms with Crippen LogP contribution in [-0.2, 0) is 12.8 Å². The third-order valence-electron chi connectivity index (χ3n) is 3.90. The minimum absolute atomic E-state index is 0.0721. The lowest BCUT2D eigenvalue weighted by Gasteiger charge is -2.18. The first-order valence-corrected chi connectivity index (χ1v) is 7.96. The fourth-order valence-corrected chi connectivity index (χ4v) is 3.98. The Balaban J connectivity index is 1.82. The smallest absolute Gasteiger partial charge is 0.256 e. The quantitative estimate of drug-likeness (QED) is 0.910. The zero-order valence-corrected chi connectivity index (χ0v) is 12.7. The van der Waals surface area contributed by atoms with Crippen molar-refractivity contribution in [3.8, 4) is 6.07 Å². The molecule has 1 N–H and O–H groups in total. The Hall–Kier alpha value is -2.12. The van der Waals surface area contributed by atoms with Gasteiger partial charge < -0.3 is 5.32 Å². The third kappa shape index (κ3) is 2.84. The van der Waals surface area contributed by atoms with Crippen LogP contribution < -0.4 is 5.32 Å². The SMILES string of the molecule is CC1CCc2c(C(=O)Nc3cccc(C#N)c3)csc2C1. The summed E-state index contributed by atoms with van der Waals surface area (Å²) < 4.78 is 0. The molecule has 1 aromatic heterocycles. The van der Waals surface area contributed by atoms with E-state index < -0.39 is 0 Å². The fourth-order valence-electron chi connectivity index (χ4n) is 2.73. The summed E-state index contributed by atoms with van der Waals surface area (Å²) in [6.45, 7) is 2.26. The highest BCUT2D eigenvalue weighted by atomic mass is 32.1. The van der Waals surface area contributed by atoms with Gasteiger partial charge in [0.05, 0.1) is 17.2 Å². The van der Waals surface area contributed by atoms with E-state index in [1.54, 1.807) is 35.6 Å². The Labute approximate surface area is 128 Å². The van der Waals surface area contributed by atoms with Crippen molar-refractivity contribution < 1.29 is 4.79 Å². The summed E-state index contributed by atoms with van der Waals surface area (Å²) in [6.07, 6.45) is 3.21. The van der Waals surface area contributed by atoms with E-state index in [9.17, 15) is 4.79 Å². The predicted molar refractivity (Wildman–Crippen MR) is 84.6 cm³/mol. The molecule has 1 unspecified atom stereocenters. The number of hydrogen-bond acceptors (Lipinski definition) is 3. The Kier molecular flexibility index (Phi) is 3.76. The van der Waals surface area contributed by atoms with Gasteiger partial charge in [-0.1, -0.05) is 13.0 Å². The molecule has 0 spiro atoms. The Morgan fingerprint density at radius 1 is 1.48 bits per heavy atom. The van der Waals surface area contributed by atoms with Crippen molar-refractivity contribution in [2.75, 3.05) is 5.32 Å². The van der Waals surface area contributed by atoms with Gasteiger partial charge in [-0.25, -0.2) is 0 Å². The van der Waals surface area contributed by atoms with Crippen LogP contribution in [-0.4, -0.2) is 5.91 Å². The summed E-state index contributed by atoms with van der Waals surface area (Å²) in [5.74, 6) is 0.636. The lowest BCUT2D eigenvalue weighted by atomic mass is 9.88. The highest BCUT2D eigenvalue weighted by Crippen LogP contribution is 2.33. The molecule has 0 saturated heterocycles. The maximum Gasteiger partial charge on any atom is 0.256 e. The van der Waals surface area contributed by atoms with Gasteiger partial charge in [-0.3, -0.25) is 4.79 Å². The number of fused-ring (bicyclic) bond motifs is 1. The van der Waals surface area contributed by atoms with Gasteiger partial charge in [-0.2, -0.15) is 5.26 Å². The van der Waals surface area contributed by atoms with Crippen molar-refractivity contribution >= 4 is 22.9 Å². The first-order valence-electron chi connectivity index (χ1n) is 7.08. The zero-order chi connectivity index (χ0) is 14.8. The number of nitrogens with one attached hydrogen (secondary N) is 1.